The van der Waals surface area contributed by atoms with Gasteiger partial charge < -0.3 is 10.1 Å². The van der Waals surface area contributed by atoms with Crippen LogP contribution in [0.15, 0.2) is 42.5 Å². The van der Waals surface area contributed by atoms with Crippen LogP contribution in [0.1, 0.15) is 30.9 Å². The Hall–Kier alpha value is -1.38. The molecule has 0 amide bonds. The van der Waals surface area contributed by atoms with Gasteiger partial charge >= 0.3 is 0 Å². The summed E-state index contributed by atoms with van der Waals surface area (Å²) in [6, 6.07) is 15.4. The van der Waals surface area contributed by atoms with Crippen LogP contribution in [0.4, 0.5) is 0 Å². The van der Waals surface area contributed by atoms with Gasteiger partial charge in [-0.1, -0.05) is 49.2 Å². The molecule has 0 radical (unpaired) electrons. The van der Waals surface area contributed by atoms with E-state index < -0.39 is 0 Å². The van der Waals surface area contributed by atoms with Crippen molar-refractivity contribution in [2.45, 2.75) is 25.3 Å². The van der Waals surface area contributed by atoms with Gasteiger partial charge in [-0.25, -0.2) is 0 Å². The quantitative estimate of drug-likeness (QED) is 0.769. The van der Waals surface area contributed by atoms with Gasteiger partial charge in [0, 0.05) is 6.61 Å². The number of ether oxygens (including phenoxy) is 1. The first-order valence-corrected chi connectivity index (χ1v) is 7.60. The summed E-state index contributed by atoms with van der Waals surface area (Å²) in [4.78, 5) is 0. The molecule has 1 atom stereocenters. The molecule has 1 unspecified atom stereocenters. The maximum Gasteiger partial charge on any atom is 0.0661 e. The fourth-order valence-electron chi connectivity index (χ4n) is 2.63. The molecule has 0 heterocycles. The summed E-state index contributed by atoms with van der Waals surface area (Å²) in [6.45, 7) is 1.65. The van der Waals surface area contributed by atoms with E-state index in [9.17, 15) is 0 Å². The molecule has 0 aliphatic heterocycles. The van der Waals surface area contributed by atoms with Crippen LogP contribution in [0, 0.1) is 5.92 Å². The van der Waals surface area contributed by atoms with E-state index in [0.717, 1.165) is 19.1 Å². The number of fused-ring (bicyclic) bond motifs is 1. The van der Waals surface area contributed by atoms with E-state index in [4.69, 9.17) is 4.74 Å². The highest BCUT2D eigenvalue weighted by molar-refractivity contribution is 5.83. The third-order valence-corrected chi connectivity index (χ3v) is 4.18. The molecule has 2 nitrogen and oxygen atoms in total. The van der Waals surface area contributed by atoms with Crippen molar-refractivity contribution in [3.05, 3.63) is 48.0 Å². The highest BCUT2D eigenvalue weighted by Crippen LogP contribution is 2.32. The van der Waals surface area contributed by atoms with Crippen molar-refractivity contribution < 1.29 is 4.74 Å². The Balaban J connectivity index is 1.63. The first-order valence-electron chi connectivity index (χ1n) is 7.60. The maximum absolute atomic E-state index is 5.84. The zero-order chi connectivity index (χ0) is 13.8. The van der Waals surface area contributed by atoms with E-state index in [-0.39, 0.29) is 6.04 Å². The summed E-state index contributed by atoms with van der Waals surface area (Å²) in [7, 11) is 2.00. The molecule has 0 bridgehead atoms. The molecule has 20 heavy (non-hydrogen) atoms. The maximum atomic E-state index is 5.84. The van der Waals surface area contributed by atoms with Crippen molar-refractivity contribution in [3.8, 4) is 0 Å². The summed E-state index contributed by atoms with van der Waals surface area (Å²) in [6.07, 6.45) is 4.04. The number of hydrogen-bond donors (Lipinski definition) is 1. The molecule has 1 aliphatic rings. The van der Waals surface area contributed by atoms with Gasteiger partial charge in [-0.15, -0.1) is 0 Å². The molecule has 0 spiro atoms. The topological polar surface area (TPSA) is 21.3 Å². The van der Waals surface area contributed by atoms with Crippen molar-refractivity contribution >= 4 is 10.8 Å². The van der Waals surface area contributed by atoms with Crippen LogP contribution in [0.3, 0.4) is 0 Å². The van der Waals surface area contributed by atoms with Gasteiger partial charge in [-0.05, 0) is 41.8 Å². The minimum atomic E-state index is 0.277. The minimum absolute atomic E-state index is 0.277. The zero-order valence-electron chi connectivity index (χ0n) is 12.1. The lowest BCUT2D eigenvalue weighted by Gasteiger charge is -2.17. The van der Waals surface area contributed by atoms with E-state index in [2.05, 4.69) is 47.8 Å². The van der Waals surface area contributed by atoms with Gasteiger partial charge in [0.25, 0.3) is 0 Å². The number of likely N-dealkylation sites (N-methyl/N-ethyl adjacent to an activating group) is 1. The van der Waals surface area contributed by atoms with E-state index in [1.165, 1.54) is 35.6 Å². The van der Waals surface area contributed by atoms with Gasteiger partial charge in [0.2, 0.25) is 0 Å². The van der Waals surface area contributed by atoms with E-state index in [1.54, 1.807) is 0 Å². The van der Waals surface area contributed by atoms with Gasteiger partial charge in [0.05, 0.1) is 12.6 Å². The van der Waals surface area contributed by atoms with Crippen molar-refractivity contribution in [3.63, 3.8) is 0 Å². The van der Waals surface area contributed by atoms with Crippen LogP contribution in [-0.2, 0) is 4.74 Å². The number of nitrogens with one attached hydrogen (secondary N) is 1. The summed E-state index contributed by atoms with van der Waals surface area (Å²) < 4.78 is 5.84. The van der Waals surface area contributed by atoms with Crippen LogP contribution in [-0.4, -0.2) is 20.3 Å². The van der Waals surface area contributed by atoms with Crippen LogP contribution >= 0.6 is 0 Å². The third-order valence-electron chi connectivity index (χ3n) is 4.18. The molecule has 0 aromatic heterocycles. The molecule has 3 rings (SSSR count). The highest BCUT2D eigenvalue weighted by Gasteiger charge is 2.20. The fourth-order valence-corrected chi connectivity index (χ4v) is 2.63. The molecule has 1 fully saturated rings. The Morgan fingerprint density at radius 3 is 2.70 bits per heavy atom. The van der Waals surface area contributed by atoms with Crippen molar-refractivity contribution in [1.29, 1.82) is 0 Å². The first-order chi connectivity index (χ1) is 9.86. The van der Waals surface area contributed by atoms with Crippen LogP contribution in [0.25, 0.3) is 10.8 Å². The molecule has 1 N–H and O–H groups in total. The van der Waals surface area contributed by atoms with E-state index >= 15 is 0 Å². The Morgan fingerprint density at radius 1 is 1.15 bits per heavy atom. The summed E-state index contributed by atoms with van der Waals surface area (Å²) in [5.41, 5.74) is 1.30. The van der Waals surface area contributed by atoms with Crippen molar-refractivity contribution in [1.82, 2.24) is 5.32 Å². The molecule has 2 heteroatoms. The van der Waals surface area contributed by atoms with Crippen molar-refractivity contribution in [2.75, 3.05) is 20.3 Å². The molecule has 1 aliphatic carbocycles. The van der Waals surface area contributed by atoms with Crippen LogP contribution in [0.2, 0.25) is 0 Å². The molecule has 1 saturated carbocycles. The average Bonchev–Trinajstić information content (AvgIpc) is 3.31. The second-order valence-corrected chi connectivity index (χ2v) is 5.75. The van der Waals surface area contributed by atoms with Crippen molar-refractivity contribution in [2.24, 2.45) is 5.92 Å². The molecule has 2 aromatic rings. The van der Waals surface area contributed by atoms with Gasteiger partial charge in [-0.2, -0.15) is 0 Å². The van der Waals surface area contributed by atoms with Crippen LogP contribution in [0.5, 0.6) is 0 Å². The van der Waals surface area contributed by atoms with Gasteiger partial charge in [-0.3, -0.25) is 0 Å². The number of rotatable bonds is 7. The predicted molar refractivity (Wildman–Crippen MR) is 83.9 cm³/mol. The monoisotopic (exact) mass is 269 g/mol. The lowest BCUT2D eigenvalue weighted by molar-refractivity contribution is 0.108. The highest BCUT2D eigenvalue weighted by atomic mass is 16.5. The van der Waals surface area contributed by atoms with E-state index in [1.807, 2.05) is 7.05 Å². The summed E-state index contributed by atoms with van der Waals surface area (Å²) in [5, 5.41) is 5.95. The smallest absolute Gasteiger partial charge is 0.0661 e. The molecule has 0 saturated heterocycles. The normalized spacial score (nSPS) is 16.4. The third kappa shape index (κ3) is 3.38. The lowest BCUT2D eigenvalue weighted by atomic mass is 10.0. The fraction of sp³-hybridized carbons (Fsp3) is 0.444. The largest absolute Gasteiger partial charge is 0.379 e. The molecule has 2 aromatic carbocycles. The lowest BCUT2D eigenvalue weighted by Crippen LogP contribution is -2.22. The summed E-state index contributed by atoms with van der Waals surface area (Å²) in [5.74, 6) is 0.948. The number of hydrogen-bond acceptors (Lipinski definition) is 2. The average molecular weight is 269 g/mol. The first kappa shape index (κ1) is 13.6. The Kier molecular flexibility index (Phi) is 4.34. The van der Waals surface area contributed by atoms with Gasteiger partial charge in [0.1, 0.15) is 0 Å². The second kappa shape index (κ2) is 6.38. The molecular weight excluding hydrogens is 246 g/mol. The zero-order valence-corrected chi connectivity index (χ0v) is 12.1. The molecular formula is C18H23NO. The molecule has 106 valence electrons. The summed E-state index contributed by atoms with van der Waals surface area (Å²) >= 11 is 0. The standard InChI is InChI=1S/C18H23NO/c1-19-18(13-20-11-10-14-6-7-14)17-9-8-15-4-2-3-5-16(15)12-17/h2-5,8-9,12,14,18-19H,6-7,10-11,13H2,1H3. The Bertz CT molecular complexity index is 562. The van der Waals surface area contributed by atoms with E-state index in [0.29, 0.717) is 0 Å². The SMILES string of the molecule is CNC(COCCC1CC1)c1ccc2ccccc2c1. The number of benzene rings is 2. The predicted octanol–water partition coefficient (Wildman–Crippen LogP) is 3.92. The van der Waals surface area contributed by atoms with Gasteiger partial charge in [0.15, 0.2) is 0 Å². The van der Waals surface area contributed by atoms with Crippen LogP contribution < -0.4 is 5.32 Å². The Labute approximate surface area is 121 Å². The second-order valence-electron chi connectivity index (χ2n) is 5.75. The minimum Gasteiger partial charge on any atom is -0.379 e. The Morgan fingerprint density at radius 2 is 1.95 bits per heavy atom.